The molecule has 2 aromatic rings. The van der Waals surface area contributed by atoms with Gasteiger partial charge in [-0.3, -0.25) is 15.5 Å². The first kappa shape index (κ1) is 14.1. The van der Waals surface area contributed by atoms with Crippen LogP contribution in [0.3, 0.4) is 0 Å². The fourth-order valence-electron chi connectivity index (χ4n) is 1.32. The smallest absolute Gasteiger partial charge is 0.311 e. The van der Waals surface area contributed by atoms with Gasteiger partial charge in [0.25, 0.3) is 0 Å². The van der Waals surface area contributed by atoms with Crippen molar-refractivity contribution in [3.05, 3.63) is 44.8 Å². The summed E-state index contributed by atoms with van der Waals surface area (Å²) >= 11 is 3.12. The van der Waals surface area contributed by atoms with Gasteiger partial charge in [-0.15, -0.1) is 0 Å². The molecule has 0 unspecified atom stereocenters. The van der Waals surface area contributed by atoms with Crippen LogP contribution >= 0.6 is 15.9 Å². The lowest BCUT2D eigenvalue weighted by Crippen LogP contribution is -2.10. The first-order valence-electron chi connectivity index (χ1n) is 5.12. The first-order valence-corrected chi connectivity index (χ1v) is 5.91. The minimum Gasteiger partial charge on any atom is -0.430 e. The van der Waals surface area contributed by atoms with Gasteiger partial charge in [-0.25, -0.2) is 15.2 Å². The number of halogens is 2. The number of nitrogens with zero attached hydrogens (tertiary/aromatic N) is 3. The lowest BCUT2D eigenvalue weighted by atomic mass is 10.3. The highest BCUT2D eigenvalue weighted by Crippen LogP contribution is 2.34. The molecule has 20 heavy (non-hydrogen) atoms. The van der Waals surface area contributed by atoms with Crippen LogP contribution in [0.15, 0.2) is 28.9 Å². The molecule has 0 bridgehead atoms. The van der Waals surface area contributed by atoms with Gasteiger partial charge in [-0.1, -0.05) is 0 Å². The fourth-order valence-corrected chi connectivity index (χ4v) is 1.59. The van der Waals surface area contributed by atoms with E-state index >= 15 is 0 Å². The molecule has 1 aromatic carbocycles. The van der Waals surface area contributed by atoms with Crippen LogP contribution in [-0.4, -0.2) is 14.9 Å². The van der Waals surface area contributed by atoms with Gasteiger partial charge < -0.3 is 4.74 Å². The molecule has 0 aliphatic carbocycles. The molecule has 0 fully saturated rings. The Kier molecular flexibility index (Phi) is 4.05. The number of nitro groups is 1. The number of hydrazine groups is 1. The number of aromatic nitrogens is 2. The summed E-state index contributed by atoms with van der Waals surface area (Å²) in [4.78, 5) is 17.8. The summed E-state index contributed by atoms with van der Waals surface area (Å²) in [5.41, 5.74) is 1.81. The Morgan fingerprint density at radius 1 is 1.50 bits per heavy atom. The number of hydrogen-bond donors (Lipinski definition) is 2. The molecule has 0 amide bonds. The van der Waals surface area contributed by atoms with E-state index in [1.807, 2.05) is 0 Å². The van der Waals surface area contributed by atoms with E-state index in [0.717, 1.165) is 18.2 Å². The molecular formula is C10H7BrFN5O3. The number of nitrogens with two attached hydrogens (primary N) is 1. The van der Waals surface area contributed by atoms with E-state index in [4.69, 9.17) is 10.6 Å². The number of rotatable bonds is 4. The summed E-state index contributed by atoms with van der Waals surface area (Å²) in [5, 5.41) is 10.9. The number of nitro benzene ring substituents is 1. The van der Waals surface area contributed by atoms with E-state index in [9.17, 15) is 14.5 Å². The number of nitrogen functional groups attached to an aromatic ring is 1. The Morgan fingerprint density at radius 2 is 2.25 bits per heavy atom. The molecule has 104 valence electrons. The third-order valence-electron chi connectivity index (χ3n) is 2.17. The van der Waals surface area contributed by atoms with Crippen LogP contribution < -0.4 is 16.0 Å². The maximum absolute atomic E-state index is 13.2. The van der Waals surface area contributed by atoms with Crippen molar-refractivity contribution in [2.45, 2.75) is 0 Å². The number of anilines is 1. The standard InChI is InChI=1S/C10H7BrFN5O3/c11-6-4-14-10(16-13)15-9(6)20-8-3-5(12)1-2-7(8)17(18)19/h1-4H,13H2,(H,14,15,16). The molecule has 0 saturated heterocycles. The third kappa shape index (κ3) is 2.97. The highest BCUT2D eigenvalue weighted by atomic mass is 79.9. The van der Waals surface area contributed by atoms with E-state index in [1.54, 1.807) is 0 Å². The van der Waals surface area contributed by atoms with Crippen molar-refractivity contribution in [1.29, 1.82) is 0 Å². The molecule has 0 aliphatic rings. The van der Waals surface area contributed by atoms with Gasteiger partial charge in [0.15, 0.2) is 0 Å². The van der Waals surface area contributed by atoms with E-state index in [1.165, 1.54) is 6.20 Å². The number of ether oxygens (including phenoxy) is 1. The average molecular weight is 344 g/mol. The van der Waals surface area contributed by atoms with E-state index in [-0.39, 0.29) is 23.3 Å². The van der Waals surface area contributed by atoms with Crippen molar-refractivity contribution in [3.8, 4) is 11.6 Å². The quantitative estimate of drug-likeness (QED) is 0.497. The van der Waals surface area contributed by atoms with Crippen molar-refractivity contribution in [2.75, 3.05) is 5.43 Å². The predicted molar refractivity (Wildman–Crippen MR) is 70.7 cm³/mol. The van der Waals surface area contributed by atoms with Crippen molar-refractivity contribution >= 4 is 27.6 Å². The van der Waals surface area contributed by atoms with E-state index in [0.29, 0.717) is 4.47 Å². The summed E-state index contributed by atoms with van der Waals surface area (Å²) in [6.07, 6.45) is 1.34. The highest BCUT2D eigenvalue weighted by molar-refractivity contribution is 9.10. The minimum atomic E-state index is -0.689. The SMILES string of the molecule is NNc1ncc(Br)c(Oc2cc(F)ccc2[N+](=O)[O-])n1. The topological polar surface area (TPSA) is 116 Å². The second kappa shape index (κ2) is 5.75. The molecular weight excluding hydrogens is 337 g/mol. The zero-order chi connectivity index (χ0) is 14.7. The molecule has 0 saturated carbocycles. The van der Waals surface area contributed by atoms with Crippen LogP contribution in [0.5, 0.6) is 11.6 Å². The predicted octanol–water partition coefficient (Wildman–Crippen LogP) is 2.36. The van der Waals surface area contributed by atoms with Gasteiger partial charge in [0.05, 0.1) is 15.6 Å². The van der Waals surface area contributed by atoms with Crippen LogP contribution in [0.25, 0.3) is 0 Å². The summed E-state index contributed by atoms with van der Waals surface area (Å²) < 4.78 is 18.8. The van der Waals surface area contributed by atoms with Crippen molar-refractivity contribution in [3.63, 3.8) is 0 Å². The Labute approximate surface area is 120 Å². The van der Waals surface area contributed by atoms with Crippen molar-refractivity contribution in [1.82, 2.24) is 9.97 Å². The second-order valence-corrected chi connectivity index (χ2v) is 4.32. The monoisotopic (exact) mass is 343 g/mol. The molecule has 0 spiro atoms. The number of benzene rings is 1. The maximum Gasteiger partial charge on any atom is 0.311 e. The van der Waals surface area contributed by atoms with Gasteiger partial charge in [0.1, 0.15) is 5.82 Å². The van der Waals surface area contributed by atoms with E-state index in [2.05, 4.69) is 31.3 Å². The van der Waals surface area contributed by atoms with Crippen LogP contribution in [0, 0.1) is 15.9 Å². The third-order valence-corrected chi connectivity index (χ3v) is 2.71. The zero-order valence-electron chi connectivity index (χ0n) is 9.71. The average Bonchev–Trinajstić information content (AvgIpc) is 2.41. The minimum absolute atomic E-state index is 0.0401. The summed E-state index contributed by atoms with van der Waals surface area (Å²) in [6.45, 7) is 0. The first-order chi connectivity index (χ1) is 9.51. The number of nitrogens with one attached hydrogen (secondary N) is 1. The van der Waals surface area contributed by atoms with Gasteiger partial charge in [0.2, 0.25) is 17.6 Å². The normalized spacial score (nSPS) is 10.2. The molecule has 1 heterocycles. The highest BCUT2D eigenvalue weighted by Gasteiger charge is 2.18. The molecule has 8 nitrogen and oxygen atoms in total. The van der Waals surface area contributed by atoms with Crippen LogP contribution in [0.4, 0.5) is 16.0 Å². The van der Waals surface area contributed by atoms with Crippen LogP contribution in [-0.2, 0) is 0 Å². The van der Waals surface area contributed by atoms with Gasteiger partial charge in [0, 0.05) is 12.1 Å². The van der Waals surface area contributed by atoms with Crippen molar-refractivity contribution in [2.24, 2.45) is 5.84 Å². The molecule has 1 aromatic heterocycles. The molecule has 0 aliphatic heterocycles. The Balaban J connectivity index is 2.43. The molecule has 3 N–H and O–H groups in total. The van der Waals surface area contributed by atoms with Crippen LogP contribution in [0.2, 0.25) is 0 Å². The molecule has 10 heteroatoms. The zero-order valence-corrected chi connectivity index (χ0v) is 11.3. The Morgan fingerprint density at radius 3 is 2.90 bits per heavy atom. The summed E-state index contributed by atoms with van der Waals surface area (Å²) in [7, 11) is 0. The van der Waals surface area contributed by atoms with E-state index < -0.39 is 10.7 Å². The van der Waals surface area contributed by atoms with Gasteiger partial charge >= 0.3 is 5.69 Å². The van der Waals surface area contributed by atoms with Crippen LogP contribution in [0.1, 0.15) is 0 Å². The molecule has 2 rings (SSSR count). The molecule has 0 atom stereocenters. The Hall–Kier alpha value is -2.33. The van der Waals surface area contributed by atoms with Gasteiger partial charge in [-0.05, 0) is 22.0 Å². The lowest BCUT2D eigenvalue weighted by Gasteiger charge is -2.08. The maximum atomic E-state index is 13.2. The van der Waals surface area contributed by atoms with Gasteiger partial charge in [-0.2, -0.15) is 4.98 Å². The number of hydrogen-bond acceptors (Lipinski definition) is 7. The van der Waals surface area contributed by atoms with Crippen molar-refractivity contribution < 1.29 is 14.1 Å². The largest absolute Gasteiger partial charge is 0.430 e. The summed E-state index contributed by atoms with van der Waals surface area (Å²) in [5.74, 6) is 4.20. The Bertz CT molecular complexity index is 669. The second-order valence-electron chi connectivity index (χ2n) is 3.46. The lowest BCUT2D eigenvalue weighted by molar-refractivity contribution is -0.385. The molecule has 0 radical (unpaired) electrons. The fraction of sp³-hybridized carbons (Fsp3) is 0. The summed E-state index contributed by atoms with van der Waals surface area (Å²) in [6, 6.07) is 2.86.